The Morgan fingerprint density at radius 3 is 2.76 bits per heavy atom. The average Bonchev–Trinajstić information content (AvgIpc) is 2.57. The second-order valence-electron chi connectivity index (χ2n) is 5.78. The fraction of sp³-hybridized carbons (Fsp3) is 0.600. The minimum Gasteiger partial charge on any atom is -0.369 e. The molecule has 1 N–H and O–H groups in total. The Morgan fingerprint density at radius 2 is 2.05 bits per heavy atom. The summed E-state index contributed by atoms with van der Waals surface area (Å²) in [5, 5.41) is 4.09. The second kappa shape index (κ2) is 6.99. The van der Waals surface area contributed by atoms with Gasteiger partial charge in [-0.25, -0.2) is 8.42 Å². The van der Waals surface area contributed by atoms with Crippen LogP contribution < -0.4 is 10.2 Å². The quantitative estimate of drug-likeness (QED) is 0.921. The number of nitrogens with one attached hydrogen (secondary N) is 1. The lowest BCUT2D eigenvalue weighted by Crippen LogP contribution is -2.29. The van der Waals surface area contributed by atoms with Crippen molar-refractivity contribution in [3.05, 3.63) is 28.8 Å². The van der Waals surface area contributed by atoms with E-state index in [1.165, 1.54) is 0 Å². The summed E-state index contributed by atoms with van der Waals surface area (Å²) in [6.45, 7) is 6.18. The molecule has 1 aromatic carbocycles. The minimum absolute atomic E-state index is 0.204. The lowest BCUT2D eigenvalue weighted by Gasteiger charge is -2.26. The van der Waals surface area contributed by atoms with Gasteiger partial charge in [-0.3, -0.25) is 0 Å². The second-order valence-corrected chi connectivity index (χ2v) is 8.49. The van der Waals surface area contributed by atoms with Crippen LogP contribution in [0.2, 0.25) is 5.02 Å². The first-order valence-corrected chi connectivity index (χ1v) is 9.55. The lowest BCUT2D eigenvalue weighted by atomic mass is 10.1. The topological polar surface area (TPSA) is 49.4 Å². The zero-order valence-corrected chi connectivity index (χ0v) is 14.2. The van der Waals surface area contributed by atoms with E-state index in [2.05, 4.69) is 30.1 Å². The van der Waals surface area contributed by atoms with E-state index in [4.69, 9.17) is 11.6 Å². The van der Waals surface area contributed by atoms with Crippen molar-refractivity contribution in [2.75, 3.05) is 29.5 Å². The van der Waals surface area contributed by atoms with Crippen LogP contribution in [0.1, 0.15) is 25.8 Å². The van der Waals surface area contributed by atoms with Crippen LogP contribution in [-0.2, 0) is 16.4 Å². The van der Waals surface area contributed by atoms with Crippen LogP contribution in [0.5, 0.6) is 0 Å². The molecule has 21 heavy (non-hydrogen) atoms. The number of nitrogens with zero attached hydrogens (tertiary/aromatic N) is 1. The number of hydrogen-bond donors (Lipinski definition) is 1. The van der Waals surface area contributed by atoms with E-state index >= 15 is 0 Å². The van der Waals surface area contributed by atoms with Crippen molar-refractivity contribution < 1.29 is 8.42 Å². The van der Waals surface area contributed by atoms with Crippen LogP contribution in [-0.4, -0.2) is 39.1 Å². The van der Waals surface area contributed by atoms with Crippen LogP contribution >= 0.6 is 11.6 Å². The van der Waals surface area contributed by atoms with Gasteiger partial charge in [-0.1, -0.05) is 37.6 Å². The molecule has 1 heterocycles. The summed E-state index contributed by atoms with van der Waals surface area (Å²) in [5.41, 5.74) is 2.10. The number of benzene rings is 1. The fourth-order valence-corrected chi connectivity index (χ4v) is 4.12. The lowest BCUT2D eigenvalue weighted by molar-refractivity contribution is 0.588. The molecule has 0 atom stereocenters. The summed E-state index contributed by atoms with van der Waals surface area (Å²) in [6, 6.07) is 6.25. The van der Waals surface area contributed by atoms with E-state index in [1.807, 2.05) is 12.1 Å². The van der Waals surface area contributed by atoms with Crippen molar-refractivity contribution >= 4 is 27.1 Å². The summed E-state index contributed by atoms with van der Waals surface area (Å²) in [4.78, 5) is 2.12. The van der Waals surface area contributed by atoms with Crippen LogP contribution in [0, 0.1) is 0 Å². The van der Waals surface area contributed by atoms with Gasteiger partial charge in [0, 0.05) is 25.7 Å². The highest BCUT2D eigenvalue weighted by atomic mass is 35.5. The molecule has 118 valence electrons. The van der Waals surface area contributed by atoms with Gasteiger partial charge < -0.3 is 10.2 Å². The molecule has 1 aliphatic rings. The molecule has 1 aliphatic heterocycles. The molecule has 0 bridgehead atoms. The smallest absolute Gasteiger partial charge is 0.152 e. The highest BCUT2D eigenvalue weighted by Crippen LogP contribution is 2.31. The van der Waals surface area contributed by atoms with Gasteiger partial charge in [0.05, 0.1) is 22.2 Å². The highest BCUT2D eigenvalue weighted by Gasteiger charge is 2.22. The summed E-state index contributed by atoms with van der Waals surface area (Å²) in [5.74, 6) is 0.475. The molecule has 1 aromatic rings. The van der Waals surface area contributed by atoms with Gasteiger partial charge in [-0.2, -0.15) is 0 Å². The van der Waals surface area contributed by atoms with Crippen LogP contribution in [0.3, 0.4) is 0 Å². The number of para-hydroxylation sites is 1. The van der Waals surface area contributed by atoms with Crippen molar-refractivity contribution in [1.29, 1.82) is 0 Å². The van der Waals surface area contributed by atoms with E-state index in [1.54, 1.807) is 0 Å². The molecule has 0 unspecified atom stereocenters. The van der Waals surface area contributed by atoms with Crippen molar-refractivity contribution in [3.8, 4) is 0 Å². The van der Waals surface area contributed by atoms with E-state index in [-0.39, 0.29) is 11.5 Å². The van der Waals surface area contributed by atoms with Gasteiger partial charge in [0.2, 0.25) is 0 Å². The van der Waals surface area contributed by atoms with E-state index in [0.717, 1.165) is 24.3 Å². The van der Waals surface area contributed by atoms with Gasteiger partial charge >= 0.3 is 0 Å². The third-order valence-corrected chi connectivity index (χ3v) is 5.66. The zero-order valence-electron chi connectivity index (χ0n) is 12.6. The third kappa shape index (κ3) is 4.59. The van der Waals surface area contributed by atoms with Crippen molar-refractivity contribution in [1.82, 2.24) is 5.32 Å². The monoisotopic (exact) mass is 330 g/mol. The van der Waals surface area contributed by atoms with Gasteiger partial charge in [0.1, 0.15) is 0 Å². The molecule has 2 rings (SSSR count). The van der Waals surface area contributed by atoms with Gasteiger partial charge in [-0.05, 0) is 18.1 Å². The number of halogens is 1. The Hall–Kier alpha value is -0.780. The first-order chi connectivity index (χ1) is 9.89. The Morgan fingerprint density at radius 1 is 1.29 bits per heavy atom. The SMILES string of the molecule is CC(C)NCc1cccc(Cl)c1N1CCCS(=O)(=O)CC1. The molecule has 0 saturated carbocycles. The predicted molar refractivity (Wildman–Crippen MR) is 88.9 cm³/mol. The molecule has 0 aliphatic carbocycles. The molecular formula is C15H23ClN2O2S. The summed E-state index contributed by atoms with van der Waals surface area (Å²) in [6.07, 6.45) is 0.657. The first kappa shape index (κ1) is 16.6. The van der Waals surface area contributed by atoms with Crippen LogP contribution in [0.25, 0.3) is 0 Å². The maximum Gasteiger partial charge on any atom is 0.152 e. The van der Waals surface area contributed by atoms with Crippen LogP contribution in [0.4, 0.5) is 5.69 Å². The Balaban J connectivity index is 2.25. The maximum absolute atomic E-state index is 11.8. The molecule has 0 aromatic heterocycles. The van der Waals surface area contributed by atoms with E-state index in [9.17, 15) is 8.42 Å². The Labute approximate surface area is 132 Å². The molecule has 0 amide bonds. The molecule has 6 heteroatoms. The molecule has 4 nitrogen and oxygen atoms in total. The number of sulfone groups is 1. The Kier molecular flexibility index (Phi) is 5.52. The molecular weight excluding hydrogens is 308 g/mol. The molecule has 0 spiro atoms. The summed E-state index contributed by atoms with van der Waals surface area (Å²) < 4.78 is 23.5. The average molecular weight is 331 g/mol. The predicted octanol–water partition coefficient (Wildman–Crippen LogP) is 2.46. The number of rotatable bonds is 4. The molecule has 0 radical (unpaired) electrons. The first-order valence-electron chi connectivity index (χ1n) is 7.35. The zero-order chi connectivity index (χ0) is 15.5. The van der Waals surface area contributed by atoms with Crippen molar-refractivity contribution in [2.45, 2.75) is 32.9 Å². The normalized spacial score (nSPS) is 18.8. The third-order valence-electron chi connectivity index (χ3n) is 3.64. The van der Waals surface area contributed by atoms with Crippen molar-refractivity contribution in [3.63, 3.8) is 0 Å². The molecule has 1 fully saturated rings. The Bertz CT molecular complexity index is 587. The maximum atomic E-state index is 11.8. The highest BCUT2D eigenvalue weighted by molar-refractivity contribution is 7.91. The standard InChI is InChI=1S/C15H23ClN2O2S/c1-12(2)17-11-13-5-3-6-14(16)15(13)18-7-4-9-21(19,20)10-8-18/h3,5-6,12,17H,4,7-11H2,1-2H3. The molecule has 1 saturated heterocycles. The van der Waals surface area contributed by atoms with E-state index in [0.29, 0.717) is 24.0 Å². The summed E-state index contributed by atoms with van der Waals surface area (Å²) >= 11 is 6.38. The number of hydrogen-bond acceptors (Lipinski definition) is 4. The van der Waals surface area contributed by atoms with Crippen molar-refractivity contribution in [2.24, 2.45) is 0 Å². The van der Waals surface area contributed by atoms with Gasteiger partial charge in [0.25, 0.3) is 0 Å². The summed E-state index contributed by atoms with van der Waals surface area (Å²) in [7, 11) is -2.91. The van der Waals surface area contributed by atoms with E-state index < -0.39 is 9.84 Å². The number of anilines is 1. The fourth-order valence-electron chi connectivity index (χ4n) is 2.53. The largest absolute Gasteiger partial charge is 0.369 e. The minimum atomic E-state index is -2.91. The van der Waals surface area contributed by atoms with Gasteiger partial charge in [0.15, 0.2) is 9.84 Å². The van der Waals surface area contributed by atoms with Gasteiger partial charge in [-0.15, -0.1) is 0 Å². The van der Waals surface area contributed by atoms with Crippen LogP contribution in [0.15, 0.2) is 18.2 Å².